The SMILES string of the molecule is c1ccc(-c2nc(-c3ccccc3)nc(-c3ccc(-c4cc5c(sc6ccc7ccccc7c65)c5nc6c7ccccc7ccc6n45)cc3)n2)cc1. The first-order chi connectivity index (χ1) is 25.8. The lowest BCUT2D eigenvalue weighted by atomic mass is 10.0. The Balaban J connectivity index is 1.15. The van der Waals surface area contributed by atoms with Gasteiger partial charge in [-0.25, -0.2) is 19.9 Å². The molecule has 0 aliphatic heterocycles. The Morgan fingerprint density at radius 1 is 0.423 bits per heavy atom. The zero-order valence-corrected chi connectivity index (χ0v) is 28.5. The van der Waals surface area contributed by atoms with Crippen LogP contribution in [0, 0.1) is 0 Å². The average molecular weight is 682 g/mol. The Labute approximate surface area is 302 Å². The molecule has 0 aliphatic carbocycles. The van der Waals surface area contributed by atoms with Gasteiger partial charge in [0.15, 0.2) is 23.1 Å². The normalized spacial score (nSPS) is 11.8. The lowest BCUT2D eigenvalue weighted by Gasteiger charge is -2.11. The predicted octanol–water partition coefficient (Wildman–Crippen LogP) is 12.0. The average Bonchev–Trinajstić information content (AvgIpc) is 3.81. The summed E-state index contributed by atoms with van der Waals surface area (Å²) in [6, 6.07) is 57.3. The van der Waals surface area contributed by atoms with E-state index in [4.69, 9.17) is 19.9 Å². The predicted molar refractivity (Wildman–Crippen MR) is 216 cm³/mol. The van der Waals surface area contributed by atoms with Crippen LogP contribution in [-0.4, -0.2) is 24.3 Å². The van der Waals surface area contributed by atoms with Crippen LogP contribution in [0.3, 0.4) is 0 Å². The molecule has 4 aromatic heterocycles. The second-order valence-corrected chi connectivity index (χ2v) is 14.1. The van der Waals surface area contributed by atoms with Crippen molar-refractivity contribution in [2.45, 2.75) is 0 Å². The van der Waals surface area contributed by atoms with E-state index < -0.39 is 0 Å². The molecular formula is C46H27N5S. The molecule has 0 aliphatic rings. The van der Waals surface area contributed by atoms with Crippen molar-refractivity contribution in [2.75, 3.05) is 0 Å². The van der Waals surface area contributed by atoms with Crippen LogP contribution in [0.15, 0.2) is 164 Å². The van der Waals surface area contributed by atoms with Crippen molar-refractivity contribution in [3.63, 3.8) is 0 Å². The molecule has 11 rings (SSSR count). The number of rotatable bonds is 4. The van der Waals surface area contributed by atoms with Crippen LogP contribution in [0.5, 0.6) is 0 Å². The summed E-state index contributed by atoms with van der Waals surface area (Å²) in [6.45, 7) is 0. The monoisotopic (exact) mass is 681 g/mol. The molecular weight excluding hydrogens is 655 g/mol. The van der Waals surface area contributed by atoms with Crippen molar-refractivity contribution in [1.82, 2.24) is 24.3 Å². The first kappa shape index (κ1) is 29.0. The van der Waals surface area contributed by atoms with Gasteiger partial charge in [0, 0.05) is 37.5 Å². The van der Waals surface area contributed by atoms with Crippen LogP contribution in [0.1, 0.15) is 0 Å². The maximum absolute atomic E-state index is 5.42. The number of benzene rings is 7. The molecule has 0 bridgehead atoms. The Morgan fingerprint density at radius 2 is 0.962 bits per heavy atom. The van der Waals surface area contributed by atoms with E-state index >= 15 is 0 Å². The van der Waals surface area contributed by atoms with Gasteiger partial charge in [-0.15, -0.1) is 11.3 Å². The van der Waals surface area contributed by atoms with Gasteiger partial charge in [0.2, 0.25) is 0 Å². The van der Waals surface area contributed by atoms with Crippen molar-refractivity contribution < 1.29 is 0 Å². The molecule has 52 heavy (non-hydrogen) atoms. The van der Waals surface area contributed by atoms with E-state index in [9.17, 15) is 0 Å². The standard InChI is InChI=1S/C46H27N5S/c1-3-13-31(14-4-1)43-48-44(32-15-5-2-6-16-32)50-45(49-43)33-21-19-30(20-22-33)38-27-36-40-34-17-9-7-11-28(34)24-26-39(40)52-42(36)46-47-41-35-18-10-8-12-29(35)23-25-37(41)51(38)46/h1-27H. The van der Waals surface area contributed by atoms with E-state index in [1.165, 1.54) is 36.3 Å². The molecule has 0 unspecified atom stereocenters. The van der Waals surface area contributed by atoms with E-state index in [1.54, 1.807) is 0 Å². The van der Waals surface area contributed by atoms with Gasteiger partial charge in [-0.2, -0.15) is 0 Å². The first-order valence-corrected chi connectivity index (χ1v) is 18.1. The van der Waals surface area contributed by atoms with Gasteiger partial charge in [-0.05, 0) is 39.9 Å². The third-order valence-electron chi connectivity index (χ3n) is 10.0. The maximum Gasteiger partial charge on any atom is 0.164 e. The molecule has 5 nitrogen and oxygen atoms in total. The van der Waals surface area contributed by atoms with E-state index in [0.717, 1.165) is 50.0 Å². The quantitative estimate of drug-likeness (QED) is 0.185. The lowest BCUT2D eigenvalue weighted by molar-refractivity contribution is 1.07. The molecule has 4 heterocycles. The third kappa shape index (κ3) is 4.48. The van der Waals surface area contributed by atoms with Gasteiger partial charge in [0.25, 0.3) is 0 Å². The van der Waals surface area contributed by atoms with Gasteiger partial charge in [0.1, 0.15) is 0 Å². The molecule has 0 N–H and O–H groups in total. The highest BCUT2D eigenvalue weighted by Gasteiger charge is 2.20. The largest absolute Gasteiger partial charge is 0.291 e. The van der Waals surface area contributed by atoms with Crippen molar-refractivity contribution in [2.24, 2.45) is 0 Å². The fourth-order valence-corrected chi connectivity index (χ4v) is 8.72. The minimum Gasteiger partial charge on any atom is -0.291 e. The minimum absolute atomic E-state index is 0.634. The van der Waals surface area contributed by atoms with Crippen LogP contribution < -0.4 is 0 Å². The first-order valence-electron chi connectivity index (χ1n) is 17.3. The molecule has 242 valence electrons. The van der Waals surface area contributed by atoms with Crippen LogP contribution in [0.25, 0.3) is 104 Å². The molecule has 0 saturated carbocycles. The molecule has 0 atom stereocenters. The highest BCUT2D eigenvalue weighted by atomic mass is 32.1. The topological polar surface area (TPSA) is 56.0 Å². The molecule has 6 heteroatoms. The molecule has 7 aromatic carbocycles. The second kappa shape index (κ2) is 11.4. The smallest absolute Gasteiger partial charge is 0.164 e. The summed E-state index contributed by atoms with van der Waals surface area (Å²) < 4.78 is 4.80. The fourth-order valence-electron chi connectivity index (χ4n) is 7.55. The zero-order chi connectivity index (χ0) is 34.2. The van der Waals surface area contributed by atoms with Crippen molar-refractivity contribution in [3.05, 3.63) is 164 Å². The number of fused-ring (bicyclic) bond motifs is 11. The number of hydrogen-bond donors (Lipinski definition) is 0. The third-order valence-corrected chi connectivity index (χ3v) is 11.2. The van der Waals surface area contributed by atoms with E-state index in [1.807, 2.05) is 72.0 Å². The number of nitrogens with zero attached hydrogens (tertiary/aromatic N) is 5. The summed E-state index contributed by atoms with van der Waals surface area (Å²) in [4.78, 5) is 20.3. The highest BCUT2D eigenvalue weighted by molar-refractivity contribution is 7.26. The number of thiophene rings is 1. The lowest BCUT2D eigenvalue weighted by Crippen LogP contribution is -2.00. The van der Waals surface area contributed by atoms with Gasteiger partial charge < -0.3 is 0 Å². The number of imidazole rings is 1. The number of hydrogen-bond acceptors (Lipinski definition) is 5. The van der Waals surface area contributed by atoms with Crippen molar-refractivity contribution in [3.8, 4) is 45.4 Å². The van der Waals surface area contributed by atoms with Crippen LogP contribution in [0.4, 0.5) is 0 Å². The van der Waals surface area contributed by atoms with E-state index in [0.29, 0.717) is 17.5 Å². The molecule has 11 aromatic rings. The summed E-state index contributed by atoms with van der Waals surface area (Å²) in [5, 5.41) is 7.34. The van der Waals surface area contributed by atoms with Crippen LogP contribution in [0.2, 0.25) is 0 Å². The maximum atomic E-state index is 5.42. The van der Waals surface area contributed by atoms with E-state index in [2.05, 4.69) is 108 Å². The highest BCUT2D eigenvalue weighted by Crippen LogP contribution is 2.44. The Hall–Kier alpha value is -6.76. The van der Waals surface area contributed by atoms with E-state index in [-0.39, 0.29) is 0 Å². The molecule has 0 radical (unpaired) electrons. The van der Waals surface area contributed by atoms with Gasteiger partial charge in [-0.3, -0.25) is 4.40 Å². The zero-order valence-electron chi connectivity index (χ0n) is 27.7. The summed E-state index contributed by atoms with van der Waals surface area (Å²) in [5.74, 6) is 1.93. The van der Waals surface area contributed by atoms with Crippen LogP contribution >= 0.6 is 11.3 Å². The van der Waals surface area contributed by atoms with Gasteiger partial charge >= 0.3 is 0 Å². The fraction of sp³-hybridized carbons (Fsp3) is 0. The summed E-state index contributed by atoms with van der Waals surface area (Å²) in [7, 11) is 0. The Kier molecular flexibility index (Phi) is 6.35. The summed E-state index contributed by atoms with van der Waals surface area (Å²) in [5.41, 5.74) is 8.08. The number of aromatic nitrogens is 5. The molecule has 0 amide bonds. The molecule has 0 spiro atoms. The molecule has 0 fully saturated rings. The second-order valence-electron chi connectivity index (χ2n) is 13.1. The van der Waals surface area contributed by atoms with Gasteiger partial charge in [-0.1, -0.05) is 146 Å². The van der Waals surface area contributed by atoms with Crippen molar-refractivity contribution in [1.29, 1.82) is 0 Å². The Morgan fingerprint density at radius 3 is 1.63 bits per heavy atom. The number of pyridine rings is 1. The van der Waals surface area contributed by atoms with Crippen LogP contribution in [-0.2, 0) is 0 Å². The van der Waals surface area contributed by atoms with Crippen molar-refractivity contribution >= 4 is 69.7 Å². The van der Waals surface area contributed by atoms with Gasteiger partial charge in [0.05, 0.1) is 21.4 Å². The summed E-state index contributed by atoms with van der Waals surface area (Å²) in [6.07, 6.45) is 0. The molecule has 0 saturated heterocycles. The Bertz CT molecular complexity index is 3110. The minimum atomic E-state index is 0.634. The summed E-state index contributed by atoms with van der Waals surface area (Å²) >= 11 is 1.82.